The lowest BCUT2D eigenvalue weighted by atomic mass is 10.4. The van der Waals surface area contributed by atoms with Crippen molar-refractivity contribution >= 4 is 11.9 Å². The summed E-state index contributed by atoms with van der Waals surface area (Å²) in [7, 11) is 0. The highest BCUT2D eigenvalue weighted by Crippen LogP contribution is 2.28. The maximum absolute atomic E-state index is 11.5. The fraction of sp³-hybridized carbons (Fsp3) is 0.667. The summed E-state index contributed by atoms with van der Waals surface area (Å²) in [5.41, 5.74) is 0. The minimum Gasteiger partial charge on any atom is -0.357 e. The molecule has 1 amide bonds. The molecule has 7 heteroatoms. The van der Waals surface area contributed by atoms with Crippen LogP contribution in [-0.2, 0) is 11.3 Å². The maximum Gasteiger partial charge on any atom is 0.223 e. The van der Waals surface area contributed by atoms with Crippen molar-refractivity contribution in [2.75, 3.05) is 26.2 Å². The Kier molecular flexibility index (Phi) is 6.73. The Balaban J connectivity index is 1.59. The number of amides is 1. The number of nitrogens with one attached hydrogen (secondary N) is 3. The van der Waals surface area contributed by atoms with Crippen LogP contribution < -0.4 is 16.0 Å². The van der Waals surface area contributed by atoms with Crippen molar-refractivity contribution in [3.63, 3.8) is 0 Å². The van der Waals surface area contributed by atoms with Crippen molar-refractivity contribution in [2.45, 2.75) is 32.7 Å². The number of guanidine groups is 1. The molecule has 0 bridgehead atoms. The Hall–Kier alpha value is -2.05. The van der Waals surface area contributed by atoms with E-state index < -0.39 is 0 Å². The minimum atomic E-state index is 0.183. The zero-order valence-electron chi connectivity index (χ0n) is 13.2. The lowest BCUT2D eigenvalue weighted by molar-refractivity contribution is -0.122. The third kappa shape index (κ3) is 6.15. The highest BCUT2D eigenvalue weighted by atomic mass is 16.2. The van der Waals surface area contributed by atoms with Gasteiger partial charge in [-0.3, -0.25) is 14.5 Å². The van der Waals surface area contributed by atoms with Crippen LogP contribution in [0.3, 0.4) is 0 Å². The highest BCUT2D eigenvalue weighted by molar-refractivity contribution is 5.81. The summed E-state index contributed by atoms with van der Waals surface area (Å²) in [6.45, 7) is 5.78. The second-order valence-corrected chi connectivity index (χ2v) is 5.38. The standard InChI is InChI=1S/C15H26N6O/c1-2-16-15(18-7-3-11-21-12-4-8-20-21)19-10-9-17-14(22)13-5-6-13/h4,8,12-13H,2-3,5-7,9-11H2,1H3,(H,17,22)(H2,16,18,19). The van der Waals surface area contributed by atoms with Crippen molar-refractivity contribution < 1.29 is 4.79 Å². The smallest absolute Gasteiger partial charge is 0.223 e. The number of nitrogens with zero attached hydrogens (tertiary/aromatic N) is 3. The largest absolute Gasteiger partial charge is 0.357 e. The number of aliphatic imine (C=N–C) groups is 1. The molecule has 1 saturated carbocycles. The summed E-state index contributed by atoms with van der Waals surface area (Å²) in [5, 5.41) is 13.5. The fourth-order valence-corrected chi connectivity index (χ4v) is 2.05. The first-order valence-corrected chi connectivity index (χ1v) is 8.07. The fourth-order valence-electron chi connectivity index (χ4n) is 2.05. The molecular formula is C15H26N6O. The number of aromatic nitrogens is 2. The lowest BCUT2D eigenvalue weighted by Gasteiger charge is -2.11. The van der Waals surface area contributed by atoms with Crippen molar-refractivity contribution in [3.8, 4) is 0 Å². The van der Waals surface area contributed by atoms with Crippen LogP contribution in [0.5, 0.6) is 0 Å². The zero-order chi connectivity index (χ0) is 15.6. The minimum absolute atomic E-state index is 0.183. The molecule has 1 aromatic rings. The molecule has 7 nitrogen and oxygen atoms in total. The SMILES string of the molecule is CCNC(=NCCCn1cccn1)NCCNC(=O)C1CC1. The molecule has 1 heterocycles. The normalized spacial score (nSPS) is 14.7. The molecule has 22 heavy (non-hydrogen) atoms. The number of aryl methyl sites for hydroxylation is 1. The Bertz CT molecular complexity index is 466. The number of rotatable bonds is 9. The molecule has 0 radical (unpaired) electrons. The summed E-state index contributed by atoms with van der Waals surface area (Å²) in [6.07, 6.45) is 6.76. The predicted octanol–water partition coefficient (Wildman–Crippen LogP) is 0.355. The van der Waals surface area contributed by atoms with E-state index in [4.69, 9.17) is 0 Å². The molecule has 0 aromatic carbocycles. The van der Waals surface area contributed by atoms with E-state index in [1.54, 1.807) is 6.20 Å². The average Bonchev–Trinajstić information content (AvgIpc) is 3.25. The van der Waals surface area contributed by atoms with Crippen LogP contribution in [0.25, 0.3) is 0 Å². The first kappa shape index (κ1) is 16.3. The second-order valence-electron chi connectivity index (χ2n) is 5.38. The summed E-state index contributed by atoms with van der Waals surface area (Å²) in [6, 6.07) is 1.92. The monoisotopic (exact) mass is 306 g/mol. The zero-order valence-corrected chi connectivity index (χ0v) is 13.2. The second kappa shape index (κ2) is 9.07. The van der Waals surface area contributed by atoms with Crippen LogP contribution in [-0.4, -0.2) is 47.8 Å². The van der Waals surface area contributed by atoms with Gasteiger partial charge in [0, 0.05) is 51.0 Å². The number of hydrogen-bond acceptors (Lipinski definition) is 3. The maximum atomic E-state index is 11.5. The quantitative estimate of drug-likeness (QED) is 0.349. The lowest BCUT2D eigenvalue weighted by Crippen LogP contribution is -2.41. The number of carbonyl (C=O) groups is 1. The molecule has 0 unspecified atom stereocenters. The van der Waals surface area contributed by atoms with Crippen LogP contribution in [0.15, 0.2) is 23.5 Å². The molecule has 3 N–H and O–H groups in total. The molecule has 0 saturated heterocycles. The molecule has 1 aromatic heterocycles. The van der Waals surface area contributed by atoms with Gasteiger partial charge >= 0.3 is 0 Å². The molecular weight excluding hydrogens is 280 g/mol. The van der Waals surface area contributed by atoms with Crippen molar-refractivity contribution in [3.05, 3.63) is 18.5 Å². The van der Waals surface area contributed by atoms with Crippen LogP contribution in [0, 0.1) is 5.92 Å². The van der Waals surface area contributed by atoms with Gasteiger partial charge in [0.05, 0.1) is 0 Å². The van der Waals surface area contributed by atoms with Crippen LogP contribution in [0.4, 0.5) is 0 Å². The number of carbonyl (C=O) groups excluding carboxylic acids is 1. The molecule has 1 fully saturated rings. The van der Waals surface area contributed by atoms with E-state index in [-0.39, 0.29) is 11.8 Å². The Morgan fingerprint density at radius 2 is 2.14 bits per heavy atom. The topological polar surface area (TPSA) is 83.3 Å². The van der Waals surface area contributed by atoms with E-state index in [1.165, 1.54) is 0 Å². The Morgan fingerprint density at radius 3 is 2.82 bits per heavy atom. The summed E-state index contributed by atoms with van der Waals surface area (Å²) in [5.74, 6) is 1.25. The van der Waals surface area contributed by atoms with Gasteiger partial charge in [0.15, 0.2) is 5.96 Å². The first-order chi connectivity index (χ1) is 10.8. The average molecular weight is 306 g/mol. The summed E-state index contributed by atoms with van der Waals surface area (Å²) < 4.78 is 1.91. The van der Waals surface area contributed by atoms with Gasteiger partial charge in [-0.15, -0.1) is 0 Å². The molecule has 0 aliphatic heterocycles. The van der Waals surface area contributed by atoms with Gasteiger partial charge < -0.3 is 16.0 Å². The van der Waals surface area contributed by atoms with E-state index >= 15 is 0 Å². The molecule has 0 atom stereocenters. The van der Waals surface area contributed by atoms with Crippen molar-refractivity contribution in [2.24, 2.45) is 10.9 Å². The van der Waals surface area contributed by atoms with Gasteiger partial charge in [0.25, 0.3) is 0 Å². The molecule has 2 rings (SSSR count). The van der Waals surface area contributed by atoms with Gasteiger partial charge in [-0.25, -0.2) is 0 Å². The van der Waals surface area contributed by atoms with E-state index in [0.717, 1.165) is 44.9 Å². The molecule has 122 valence electrons. The van der Waals surface area contributed by atoms with Gasteiger partial charge in [-0.2, -0.15) is 5.10 Å². The van der Waals surface area contributed by atoms with E-state index in [2.05, 4.69) is 26.0 Å². The van der Waals surface area contributed by atoms with E-state index in [1.807, 2.05) is 23.9 Å². The van der Waals surface area contributed by atoms with Gasteiger partial charge in [-0.05, 0) is 32.3 Å². The first-order valence-electron chi connectivity index (χ1n) is 8.07. The van der Waals surface area contributed by atoms with E-state index in [0.29, 0.717) is 13.1 Å². The van der Waals surface area contributed by atoms with Crippen LogP contribution in [0.1, 0.15) is 26.2 Å². The third-order valence-electron chi connectivity index (χ3n) is 3.38. The van der Waals surface area contributed by atoms with E-state index in [9.17, 15) is 4.79 Å². The molecule has 1 aliphatic carbocycles. The molecule has 1 aliphatic rings. The van der Waals surface area contributed by atoms with Crippen molar-refractivity contribution in [1.29, 1.82) is 0 Å². The van der Waals surface area contributed by atoms with Gasteiger partial charge in [0.2, 0.25) is 5.91 Å². The summed E-state index contributed by atoms with van der Waals surface area (Å²) >= 11 is 0. The Labute approximate surface area is 131 Å². The van der Waals surface area contributed by atoms with Gasteiger partial charge in [0.1, 0.15) is 0 Å². The number of hydrogen-bond donors (Lipinski definition) is 3. The van der Waals surface area contributed by atoms with Gasteiger partial charge in [-0.1, -0.05) is 0 Å². The van der Waals surface area contributed by atoms with Crippen LogP contribution in [0.2, 0.25) is 0 Å². The summed E-state index contributed by atoms with van der Waals surface area (Å²) in [4.78, 5) is 16.0. The van der Waals surface area contributed by atoms with Crippen LogP contribution >= 0.6 is 0 Å². The van der Waals surface area contributed by atoms with Crippen molar-refractivity contribution in [1.82, 2.24) is 25.7 Å². The molecule has 0 spiro atoms. The third-order valence-corrected chi connectivity index (χ3v) is 3.38. The predicted molar refractivity (Wildman–Crippen MR) is 86.6 cm³/mol. The Morgan fingerprint density at radius 1 is 1.32 bits per heavy atom. The highest BCUT2D eigenvalue weighted by Gasteiger charge is 2.28.